The van der Waals surface area contributed by atoms with E-state index < -0.39 is 0 Å². The van der Waals surface area contributed by atoms with Gasteiger partial charge in [-0.2, -0.15) is 11.8 Å². The minimum absolute atomic E-state index is 0.158. The van der Waals surface area contributed by atoms with E-state index in [1.807, 2.05) is 33.5 Å². The average Bonchev–Trinajstić information content (AvgIpc) is 2.70. The second-order valence-corrected chi connectivity index (χ2v) is 6.32. The maximum atomic E-state index is 12.5. The molecule has 1 unspecified atom stereocenters. The van der Waals surface area contributed by atoms with Gasteiger partial charge >= 0.3 is 0 Å². The zero-order valence-electron chi connectivity index (χ0n) is 10.1. The number of aryl methyl sites for hydroxylation is 1. The summed E-state index contributed by atoms with van der Waals surface area (Å²) in [4.78, 5) is 14.5. The molecule has 1 atom stereocenters. The van der Waals surface area contributed by atoms with Crippen molar-refractivity contribution in [3.8, 4) is 0 Å². The van der Waals surface area contributed by atoms with Gasteiger partial charge in [0.15, 0.2) is 0 Å². The molecule has 2 rings (SSSR count). The monoisotopic (exact) mass is 316 g/mol. The van der Waals surface area contributed by atoms with Gasteiger partial charge in [-0.15, -0.1) is 0 Å². The molecule has 0 aliphatic carbocycles. The van der Waals surface area contributed by atoms with Gasteiger partial charge < -0.3 is 9.47 Å². The molecule has 1 aliphatic rings. The lowest BCUT2D eigenvalue weighted by atomic mass is 10.2. The molecule has 1 amide bonds. The van der Waals surface area contributed by atoms with Gasteiger partial charge in [0.2, 0.25) is 0 Å². The van der Waals surface area contributed by atoms with E-state index >= 15 is 0 Å². The zero-order valence-corrected chi connectivity index (χ0v) is 12.6. The molecule has 1 fully saturated rings. The third kappa shape index (κ3) is 2.71. The van der Waals surface area contributed by atoms with Gasteiger partial charge in [0, 0.05) is 41.3 Å². The van der Waals surface area contributed by atoms with Crippen LogP contribution in [0.3, 0.4) is 0 Å². The van der Waals surface area contributed by atoms with Crippen LogP contribution in [0.4, 0.5) is 0 Å². The molecule has 0 N–H and O–H groups in total. The van der Waals surface area contributed by atoms with Crippen molar-refractivity contribution in [1.82, 2.24) is 9.47 Å². The first-order chi connectivity index (χ1) is 8.13. The molecule has 0 radical (unpaired) electrons. The van der Waals surface area contributed by atoms with Gasteiger partial charge in [-0.1, -0.05) is 0 Å². The van der Waals surface area contributed by atoms with Crippen molar-refractivity contribution in [2.75, 3.05) is 18.1 Å². The van der Waals surface area contributed by atoms with Crippen molar-refractivity contribution in [1.29, 1.82) is 0 Å². The summed E-state index contributed by atoms with van der Waals surface area (Å²) in [6.45, 7) is 5.86. The summed E-state index contributed by atoms with van der Waals surface area (Å²) in [6, 6.07) is 2.25. The fourth-order valence-electron chi connectivity index (χ4n) is 2.09. The molecule has 0 saturated carbocycles. The van der Waals surface area contributed by atoms with E-state index in [9.17, 15) is 4.79 Å². The molecule has 5 heteroatoms. The first kappa shape index (κ1) is 13.0. The predicted molar refractivity (Wildman–Crippen MR) is 75.6 cm³/mol. The molecule has 0 spiro atoms. The Bertz CT molecular complexity index is 419. The Kier molecular flexibility index (Phi) is 4.20. The Balaban J connectivity index is 2.23. The maximum Gasteiger partial charge on any atom is 0.270 e. The highest BCUT2D eigenvalue weighted by Crippen LogP contribution is 2.21. The highest BCUT2D eigenvalue weighted by molar-refractivity contribution is 9.10. The summed E-state index contributed by atoms with van der Waals surface area (Å²) in [5, 5.41) is 0. The predicted octanol–water partition coefficient (Wildman–Crippen LogP) is 2.85. The van der Waals surface area contributed by atoms with Crippen molar-refractivity contribution in [2.45, 2.75) is 26.4 Å². The third-order valence-electron chi connectivity index (χ3n) is 3.05. The van der Waals surface area contributed by atoms with Gasteiger partial charge in [-0.05, 0) is 35.8 Å². The van der Waals surface area contributed by atoms with Crippen LogP contribution in [0.1, 0.15) is 24.3 Å². The van der Waals surface area contributed by atoms with E-state index in [0.717, 1.165) is 34.8 Å². The number of carbonyl (C=O) groups is 1. The first-order valence-electron chi connectivity index (χ1n) is 5.88. The van der Waals surface area contributed by atoms with Crippen LogP contribution in [0.5, 0.6) is 0 Å². The highest BCUT2D eigenvalue weighted by atomic mass is 79.9. The summed E-state index contributed by atoms with van der Waals surface area (Å²) >= 11 is 5.36. The maximum absolute atomic E-state index is 12.5. The van der Waals surface area contributed by atoms with Crippen LogP contribution in [0.25, 0.3) is 0 Å². The van der Waals surface area contributed by atoms with Crippen molar-refractivity contribution in [3.63, 3.8) is 0 Å². The molecule has 3 nitrogen and oxygen atoms in total. The Labute approximate surface area is 115 Å². The lowest BCUT2D eigenvalue weighted by molar-refractivity contribution is 0.0705. The van der Waals surface area contributed by atoms with E-state index in [1.165, 1.54) is 0 Å². The Hall–Kier alpha value is -0.420. The summed E-state index contributed by atoms with van der Waals surface area (Å²) in [5.41, 5.74) is 0.790. The number of carbonyl (C=O) groups excluding carboxylic acids is 1. The zero-order chi connectivity index (χ0) is 12.4. The molecule has 2 heterocycles. The molecular weight excluding hydrogens is 300 g/mol. The Morgan fingerprint density at radius 1 is 1.65 bits per heavy atom. The Morgan fingerprint density at radius 3 is 3.06 bits per heavy atom. The largest absolute Gasteiger partial charge is 0.343 e. The van der Waals surface area contributed by atoms with Crippen LogP contribution in [0, 0.1) is 0 Å². The van der Waals surface area contributed by atoms with Crippen LogP contribution < -0.4 is 0 Å². The number of halogens is 1. The number of nitrogens with zero attached hydrogens (tertiary/aromatic N) is 2. The molecule has 1 aromatic rings. The van der Waals surface area contributed by atoms with Crippen LogP contribution >= 0.6 is 27.7 Å². The fourth-order valence-corrected chi connectivity index (χ4v) is 3.57. The second-order valence-electron chi connectivity index (χ2n) is 4.25. The lowest BCUT2D eigenvalue weighted by Crippen LogP contribution is -2.45. The lowest BCUT2D eigenvalue weighted by Gasteiger charge is -2.33. The third-order valence-corrected chi connectivity index (χ3v) is 4.67. The van der Waals surface area contributed by atoms with Gasteiger partial charge in [-0.3, -0.25) is 4.79 Å². The van der Waals surface area contributed by atoms with E-state index in [1.54, 1.807) is 0 Å². The number of aromatic nitrogens is 1. The molecular formula is C12H17BrN2OS. The van der Waals surface area contributed by atoms with Crippen LogP contribution in [0.15, 0.2) is 16.7 Å². The molecule has 1 aliphatic heterocycles. The van der Waals surface area contributed by atoms with Gasteiger partial charge in [0.05, 0.1) is 0 Å². The van der Waals surface area contributed by atoms with Crippen molar-refractivity contribution >= 4 is 33.6 Å². The molecule has 0 aromatic carbocycles. The van der Waals surface area contributed by atoms with E-state index in [4.69, 9.17) is 0 Å². The van der Waals surface area contributed by atoms with E-state index in [-0.39, 0.29) is 5.91 Å². The number of rotatable bonds is 2. The SMILES string of the molecule is CCn1cc(Br)cc1C(=O)N1CCSCC1C. The minimum atomic E-state index is 0.158. The number of hydrogen-bond acceptors (Lipinski definition) is 2. The van der Waals surface area contributed by atoms with Crippen LogP contribution in [-0.2, 0) is 6.54 Å². The van der Waals surface area contributed by atoms with Gasteiger partial charge in [0.1, 0.15) is 5.69 Å². The van der Waals surface area contributed by atoms with Gasteiger partial charge in [-0.25, -0.2) is 0 Å². The number of hydrogen-bond donors (Lipinski definition) is 0. The first-order valence-corrected chi connectivity index (χ1v) is 7.82. The summed E-state index contributed by atoms with van der Waals surface area (Å²) in [6.07, 6.45) is 1.97. The molecule has 0 bridgehead atoms. The van der Waals surface area contributed by atoms with Gasteiger partial charge in [0.25, 0.3) is 5.91 Å². The standard InChI is InChI=1S/C12H17BrN2OS/c1-3-14-7-10(13)6-11(14)12(16)15-4-5-17-8-9(15)2/h6-7,9H,3-5,8H2,1-2H3. The molecule has 1 aromatic heterocycles. The van der Waals surface area contributed by atoms with E-state index in [0.29, 0.717) is 6.04 Å². The quantitative estimate of drug-likeness (QED) is 0.838. The van der Waals surface area contributed by atoms with E-state index in [2.05, 4.69) is 29.8 Å². The smallest absolute Gasteiger partial charge is 0.270 e. The van der Waals surface area contributed by atoms with Crippen LogP contribution in [0.2, 0.25) is 0 Å². The molecule has 17 heavy (non-hydrogen) atoms. The fraction of sp³-hybridized carbons (Fsp3) is 0.583. The van der Waals surface area contributed by atoms with Crippen molar-refractivity contribution in [3.05, 3.63) is 22.4 Å². The normalized spacial score (nSPS) is 20.6. The molecule has 1 saturated heterocycles. The van der Waals surface area contributed by atoms with Crippen molar-refractivity contribution < 1.29 is 4.79 Å². The van der Waals surface area contributed by atoms with Crippen LogP contribution in [-0.4, -0.2) is 39.5 Å². The highest BCUT2D eigenvalue weighted by Gasteiger charge is 2.26. The number of amides is 1. The summed E-state index contributed by atoms with van der Waals surface area (Å²) in [5.74, 6) is 2.24. The van der Waals surface area contributed by atoms with Crippen molar-refractivity contribution in [2.24, 2.45) is 0 Å². The second kappa shape index (κ2) is 5.48. The topological polar surface area (TPSA) is 25.2 Å². The minimum Gasteiger partial charge on any atom is -0.343 e. The average molecular weight is 317 g/mol. The molecule has 94 valence electrons. The number of thioether (sulfide) groups is 1. The summed E-state index contributed by atoms with van der Waals surface area (Å²) < 4.78 is 2.97. The summed E-state index contributed by atoms with van der Waals surface area (Å²) in [7, 11) is 0. The Morgan fingerprint density at radius 2 is 2.41 bits per heavy atom.